The van der Waals surface area contributed by atoms with Gasteiger partial charge in [-0.3, -0.25) is 14.4 Å². The number of aromatic nitrogens is 1. The predicted molar refractivity (Wildman–Crippen MR) is 115 cm³/mol. The highest BCUT2D eigenvalue weighted by atomic mass is 16.6. The van der Waals surface area contributed by atoms with Gasteiger partial charge >= 0.3 is 5.97 Å². The first-order valence-corrected chi connectivity index (χ1v) is 11.2. The largest absolute Gasteiger partial charge is 0.497 e. The molecule has 0 amide bonds. The zero-order chi connectivity index (χ0) is 22.7. The number of esters is 1. The number of cyclic esters (lactones) is 1. The minimum absolute atomic E-state index is 0.0887. The van der Waals surface area contributed by atoms with E-state index in [0.717, 1.165) is 37.0 Å². The smallest absolute Gasteiger partial charge is 0.324 e. The third kappa shape index (κ3) is 4.61. The van der Waals surface area contributed by atoms with E-state index in [4.69, 9.17) is 14.0 Å². The van der Waals surface area contributed by atoms with Gasteiger partial charge in [-0.25, -0.2) is 0 Å². The van der Waals surface area contributed by atoms with Gasteiger partial charge in [-0.05, 0) is 56.2 Å². The third-order valence-electron chi connectivity index (χ3n) is 6.78. The first kappa shape index (κ1) is 22.2. The first-order chi connectivity index (χ1) is 15.4. The van der Waals surface area contributed by atoms with Crippen LogP contribution in [-0.2, 0) is 32.0 Å². The van der Waals surface area contributed by atoms with E-state index < -0.39 is 23.3 Å². The zero-order valence-electron chi connectivity index (χ0n) is 18.6. The summed E-state index contributed by atoms with van der Waals surface area (Å²) in [4.78, 5) is 38.9. The molecule has 1 saturated carbocycles. The molecule has 2 heterocycles. The van der Waals surface area contributed by atoms with Crippen LogP contribution in [0.4, 0.5) is 0 Å². The van der Waals surface area contributed by atoms with Gasteiger partial charge in [0, 0.05) is 12.5 Å². The Morgan fingerprint density at radius 2 is 1.91 bits per heavy atom. The molecule has 4 rings (SSSR count). The van der Waals surface area contributed by atoms with Gasteiger partial charge in [0.1, 0.15) is 17.1 Å². The topological polar surface area (TPSA) is 95.7 Å². The highest BCUT2D eigenvalue weighted by Gasteiger charge is 2.53. The molecule has 0 spiro atoms. The van der Waals surface area contributed by atoms with E-state index in [2.05, 4.69) is 5.16 Å². The number of hydrogen-bond acceptors (Lipinski definition) is 7. The number of nitrogens with zero attached hydrogens (tertiary/aromatic N) is 1. The Kier molecular flexibility index (Phi) is 6.44. The molecule has 170 valence electrons. The van der Waals surface area contributed by atoms with Crippen LogP contribution in [0.3, 0.4) is 0 Å². The molecule has 7 heteroatoms. The van der Waals surface area contributed by atoms with Gasteiger partial charge in [0.15, 0.2) is 17.5 Å². The summed E-state index contributed by atoms with van der Waals surface area (Å²) in [7, 11) is 1.62. The number of hydrogen-bond donors (Lipinski definition) is 0. The molecule has 1 aliphatic carbocycles. The van der Waals surface area contributed by atoms with Crippen molar-refractivity contribution in [3.8, 4) is 5.75 Å². The van der Waals surface area contributed by atoms with Crippen LogP contribution in [0.25, 0.3) is 0 Å². The molecule has 2 aromatic rings. The van der Waals surface area contributed by atoms with Crippen LogP contribution in [0, 0.1) is 18.8 Å². The number of ether oxygens (including phenoxy) is 2. The molecule has 2 atom stereocenters. The minimum atomic E-state index is -1.38. The number of carbonyl (C=O) groups excluding carboxylic acids is 3. The summed E-state index contributed by atoms with van der Waals surface area (Å²) in [6, 6.07) is 9.40. The maximum absolute atomic E-state index is 13.1. The number of rotatable bonds is 8. The summed E-state index contributed by atoms with van der Waals surface area (Å²) in [6.45, 7) is 1.75. The SMILES string of the molecule is COc1ccc(CCC2(C3CCCC3)CC(=O)C(C(=O)Cc3cc(C)no3)C(=O)O2)cc1. The molecule has 1 aromatic carbocycles. The van der Waals surface area contributed by atoms with Crippen LogP contribution in [0.15, 0.2) is 34.9 Å². The Balaban J connectivity index is 1.50. The summed E-state index contributed by atoms with van der Waals surface area (Å²) >= 11 is 0. The molecule has 1 saturated heterocycles. The predicted octanol–water partition coefficient (Wildman–Crippen LogP) is 3.80. The van der Waals surface area contributed by atoms with Gasteiger partial charge in [0.05, 0.1) is 19.2 Å². The van der Waals surface area contributed by atoms with Gasteiger partial charge in [-0.15, -0.1) is 0 Å². The van der Waals surface area contributed by atoms with Crippen molar-refractivity contribution in [1.82, 2.24) is 5.16 Å². The van der Waals surface area contributed by atoms with Crippen LogP contribution in [0.5, 0.6) is 5.75 Å². The molecule has 32 heavy (non-hydrogen) atoms. The maximum atomic E-state index is 13.1. The van der Waals surface area contributed by atoms with Crippen molar-refractivity contribution in [2.45, 2.75) is 63.9 Å². The van der Waals surface area contributed by atoms with Gasteiger partial charge in [-0.2, -0.15) is 0 Å². The van der Waals surface area contributed by atoms with Crippen molar-refractivity contribution in [1.29, 1.82) is 0 Å². The fraction of sp³-hybridized carbons (Fsp3) is 0.520. The number of carbonyl (C=O) groups is 3. The molecular weight excluding hydrogens is 410 g/mol. The van der Waals surface area contributed by atoms with Crippen LogP contribution >= 0.6 is 0 Å². The Hall–Kier alpha value is -2.96. The van der Waals surface area contributed by atoms with Crippen molar-refractivity contribution in [2.75, 3.05) is 7.11 Å². The standard InChI is InChI=1S/C25H29NO6/c1-16-13-20(32-26-16)14-21(27)23-22(28)15-25(31-24(23)29,18-5-3-4-6-18)12-11-17-7-9-19(30-2)10-8-17/h7-10,13,18,23H,3-6,11-12,14-15H2,1-2H3. The average molecular weight is 440 g/mol. The summed E-state index contributed by atoms with van der Waals surface area (Å²) in [6.07, 6.45) is 5.17. The van der Waals surface area contributed by atoms with Crippen LogP contribution in [0.1, 0.15) is 55.5 Å². The second-order valence-corrected chi connectivity index (χ2v) is 8.97. The van der Waals surface area contributed by atoms with Gasteiger partial charge < -0.3 is 14.0 Å². The minimum Gasteiger partial charge on any atom is -0.497 e. The molecule has 1 aliphatic heterocycles. The summed E-state index contributed by atoms with van der Waals surface area (Å²) in [5, 5.41) is 3.76. The fourth-order valence-electron chi connectivity index (χ4n) is 5.08. The second kappa shape index (κ2) is 9.27. The molecule has 7 nitrogen and oxygen atoms in total. The number of aryl methyl sites for hydroxylation is 2. The molecule has 0 radical (unpaired) electrons. The molecule has 0 bridgehead atoms. The lowest BCUT2D eigenvalue weighted by molar-refractivity contribution is -0.186. The monoisotopic (exact) mass is 439 g/mol. The van der Waals surface area contributed by atoms with Crippen molar-refractivity contribution in [3.05, 3.63) is 47.3 Å². The third-order valence-corrected chi connectivity index (χ3v) is 6.78. The normalized spacial score (nSPS) is 23.9. The van der Waals surface area contributed by atoms with E-state index in [0.29, 0.717) is 24.3 Å². The number of Topliss-reactive ketones (excluding diaryl/α,β-unsaturated/α-hetero) is 2. The summed E-state index contributed by atoms with van der Waals surface area (Å²) in [5.41, 5.74) is 0.888. The first-order valence-electron chi connectivity index (χ1n) is 11.2. The van der Waals surface area contributed by atoms with E-state index in [-0.39, 0.29) is 24.5 Å². The molecular formula is C25H29NO6. The second-order valence-electron chi connectivity index (χ2n) is 8.97. The molecule has 0 N–H and O–H groups in total. The van der Waals surface area contributed by atoms with Gasteiger partial charge in [0.25, 0.3) is 0 Å². The van der Waals surface area contributed by atoms with E-state index in [1.165, 1.54) is 0 Å². The number of methoxy groups -OCH3 is 1. The Bertz CT molecular complexity index is 968. The van der Waals surface area contributed by atoms with Crippen molar-refractivity contribution < 1.29 is 28.4 Å². The highest BCUT2D eigenvalue weighted by Crippen LogP contribution is 2.45. The molecule has 2 fully saturated rings. The fourth-order valence-corrected chi connectivity index (χ4v) is 5.08. The highest BCUT2D eigenvalue weighted by molar-refractivity contribution is 6.19. The Morgan fingerprint density at radius 1 is 1.19 bits per heavy atom. The molecule has 2 unspecified atom stereocenters. The molecule has 1 aromatic heterocycles. The maximum Gasteiger partial charge on any atom is 0.324 e. The van der Waals surface area contributed by atoms with E-state index >= 15 is 0 Å². The lowest BCUT2D eigenvalue weighted by atomic mass is 9.73. The van der Waals surface area contributed by atoms with E-state index in [1.54, 1.807) is 20.1 Å². The Labute approximate surface area is 187 Å². The number of benzene rings is 1. The number of ketones is 2. The quantitative estimate of drug-likeness (QED) is 0.456. The van der Waals surface area contributed by atoms with Crippen molar-refractivity contribution >= 4 is 17.5 Å². The van der Waals surface area contributed by atoms with E-state index in [9.17, 15) is 14.4 Å². The van der Waals surface area contributed by atoms with Crippen LogP contribution in [0.2, 0.25) is 0 Å². The average Bonchev–Trinajstić information content (AvgIpc) is 3.44. The van der Waals surface area contributed by atoms with E-state index in [1.807, 2.05) is 24.3 Å². The van der Waals surface area contributed by atoms with Crippen molar-refractivity contribution in [2.24, 2.45) is 11.8 Å². The lowest BCUT2D eigenvalue weighted by Gasteiger charge is -2.42. The zero-order valence-corrected chi connectivity index (χ0v) is 18.6. The van der Waals surface area contributed by atoms with Gasteiger partial charge in [0.2, 0.25) is 0 Å². The summed E-state index contributed by atoms with van der Waals surface area (Å²) < 4.78 is 16.3. The van der Waals surface area contributed by atoms with Crippen LogP contribution in [-0.4, -0.2) is 35.4 Å². The summed E-state index contributed by atoms with van der Waals surface area (Å²) in [5.74, 6) is -1.67. The van der Waals surface area contributed by atoms with Gasteiger partial charge in [-0.1, -0.05) is 30.1 Å². The van der Waals surface area contributed by atoms with Crippen molar-refractivity contribution in [3.63, 3.8) is 0 Å². The Morgan fingerprint density at radius 3 is 2.50 bits per heavy atom. The lowest BCUT2D eigenvalue weighted by Crippen LogP contribution is -2.53. The van der Waals surface area contributed by atoms with Crippen LogP contribution < -0.4 is 4.74 Å². The molecule has 2 aliphatic rings.